The Morgan fingerprint density at radius 2 is 1.90 bits per heavy atom. The zero-order valence-corrected chi connectivity index (χ0v) is 16.3. The molecular formula is C21H21N5O4. The van der Waals surface area contributed by atoms with Crippen LogP contribution in [0.5, 0.6) is 0 Å². The summed E-state index contributed by atoms with van der Waals surface area (Å²) >= 11 is 0. The van der Waals surface area contributed by atoms with E-state index in [0.717, 1.165) is 5.56 Å². The van der Waals surface area contributed by atoms with Gasteiger partial charge in [0.05, 0.1) is 24.8 Å². The van der Waals surface area contributed by atoms with Crippen molar-refractivity contribution in [3.05, 3.63) is 65.7 Å². The van der Waals surface area contributed by atoms with Gasteiger partial charge in [-0.15, -0.1) is 0 Å². The van der Waals surface area contributed by atoms with Gasteiger partial charge in [-0.2, -0.15) is 5.10 Å². The molecule has 0 spiro atoms. The number of benzene rings is 2. The maximum Gasteiger partial charge on any atom is 0.338 e. The molecule has 0 aromatic heterocycles. The van der Waals surface area contributed by atoms with Gasteiger partial charge in [0.1, 0.15) is 6.04 Å². The number of nitrogens with zero attached hydrogens (tertiary/aromatic N) is 2. The molecule has 1 aliphatic rings. The molecule has 0 saturated heterocycles. The number of guanidine groups is 1. The molecule has 1 heterocycles. The fourth-order valence-electron chi connectivity index (χ4n) is 2.64. The Hall–Kier alpha value is -4.01. The van der Waals surface area contributed by atoms with Crippen molar-refractivity contribution in [2.75, 3.05) is 11.9 Å². The van der Waals surface area contributed by atoms with Gasteiger partial charge >= 0.3 is 5.97 Å². The molecule has 1 aliphatic heterocycles. The van der Waals surface area contributed by atoms with E-state index in [1.165, 1.54) is 0 Å². The molecule has 0 saturated carbocycles. The fraction of sp³-hybridized carbons (Fsp3) is 0.190. The van der Waals surface area contributed by atoms with Crippen molar-refractivity contribution in [3.63, 3.8) is 0 Å². The van der Waals surface area contributed by atoms with E-state index in [-0.39, 0.29) is 30.8 Å². The fourth-order valence-corrected chi connectivity index (χ4v) is 2.64. The molecule has 1 unspecified atom stereocenters. The number of carbonyl (C=O) groups is 3. The number of rotatable bonds is 7. The molecule has 2 aromatic carbocycles. The number of esters is 1. The highest BCUT2D eigenvalue weighted by Crippen LogP contribution is 2.12. The van der Waals surface area contributed by atoms with E-state index in [1.54, 1.807) is 37.4 Å². The van der Waals surface area contributed by atoms with Crippen LogP contribution < -0.4 is 16.1 Å². The number of hydrazone groups is 1. The maximum atomic E-state index is 12.2. The summed E-state index contributed by atoms with van der Waals surface area (Å²) in [5, 5.41) is 9.24. The summed E-state index contributed by atoms with van der Waals surface area (Å²) in [5.41, 5.74) is 4.43. The minimum atomic E-state index is -0.849. The number of ether oxygens (including phenoxy) is 1. The molecule has 1 atom stereocenters. The Morgan fingerprint density at radius 3 is 2.60 bits per heavy atom. The van der Waals surface area contributed by atoms with Crippen LogP contribution in [0.4, 0.5) is 5.69 Å². The van der Waals surface area contributed by atoms with Crippen molar-refractivity contribution >= 4 is 35.6 Å². The van der Waals surface area contributed by atoms with Crippen molar-refractivity contribution < 1.29 is 19.1 Å². The number of hydrogen-bond acceptors (Lipinski definition) is 7. The van der Waals surface area contributed by atoms with Crippen LogP contribution >= 0.6 is 0 Å². The number of anilines is 1. The number of nitrogens with one attached hydrogen (secondary N) is 3. The van der Waals surface area contributed by atoms with E-state index >= 15 is 0 Å². The van der Waals surface area contributed by atoms with Crippen molar-refractivity contribution in [3.8, 4) is 0 Å². The van der Waals surface area contributed by atoms with E-state index < -0.39 is 12.0 Å². The summed E-state index contributed by atoms with van der Waals surface area (Å²) in [6.07, 6.45) is 1.47. The van der Waals surface area contributed by atoms with Gasteiger partial charge in [-0.25, -0.2) is 15.2 Å². The summed E-state index contributed by atoms with van der Waals surface area (Å²) in [4.78, 5) is 40.1. The van der Waals surface area contributed by atoms with Crippen LogP contribution in [0.25, 0.3) is 0 Å². The molecule has 2 aromatic rings. The Labute approximate surface area is 173 Å². The molecule has 0 fully saturated rings. The quantitative estimate of drug-likeness (QED) is 0.366. The van der Waals surface area contributed by atoms with Crippen molar-refractivity contribution in [2.45, 2.75) is 19.4 Å². The molecular weight excluding hydrogens is 386 g/mol. The maximum absolute atomic E-state index is 12.2. The Balaban J connectivity index is 1.51. The molecule has 2 amide bonds. The van der Waals surface area contributed by atoms with Crippen LogP contribution in [0.3, 0.4) is 0 Å². The van der Waals surface area contributed by atoms with Crippen molar-refractivity contribution in [1.82, 2.24) is 10.7 Å². The average Bonchev–Trinajstić information content (AvgIpc) is 3.08. The highest BCUT2D eigenvalue weighted by atomic mass is 16.5. The smallest absolute Gasteiger partial charge is 0.338 e. The summed E-state index contributed by atoms with van der Waals surface area (Å²) in [6.45, 7) is 2.01. The largest absolute Gasteiger partial charge is 0.462 e. The molecule has 0 radical (unpaired) electrons. The topological polar surface area (TPSA) is 121 Å². The third-order valence-electron chi connectivity index (χ3n) is 4.07. The normalized spacial score (nSPS) is 15.4. The summed E-state index contributed by atoms with van der Waals surface area (Å²) in [7, 11) is 0. The third-order valence-corrected chi connectivity index (χ3v) is 4.07. The van der Waals surface area contributed by atoms with Gasteiger partial charge in [-0.05, 0) is 36.8 Å². The second kappa shape index (κ2) is 9.97. The highest BCUT2D eigenvalue weighted by Gasteiger charge is 2.28. The van der Waals surface area contributed by atoms with Gasteiger partial charge in [0.2, 0.25) is 11.9 Å². The van der Waals surface area contributed by atoms with E-state index in [1.807, 2.05) is 30.3 Å². The lowest BCUT2D eigenvalue weighted by atomic mass is 10.2. The average molecular weight is 407 g/mol. The number of carbonyl (C=O) groups excluding carboxylic acids is 3. The van der Waals surface area contributed by atoms with Gasteiger partial charge in [-0.3, -0.25) is 14.9 Å². The van der Waals surface area contributed by atoms with Crippen LogP contribution in [-0.4, -0.2) is 42.6 Å². The second-order valence-electron chi connectivity index (χ2n) is 6.31. The monoisotopic (exact) mass is 407 g/mol. The number of aliphatic imine (C=N–C) groups is 1. The van der Waals surface area contributed by atoms with Crippen LogP contribution in [-0.2, 0) is 14.3 Å². The molecule has 0 aliphatic carbocycles. The van der Waals surface area contributed by atoms with Crippen LogP contribution in [0, 0.1) is 0 Å². The summed E-state index contributed by atoms with van der Waals surface area (Å²) < 4.78 is 4.91. The molecule has 9 nitrogen and oxygen atoms in total. The van der Waals surface area contributed by atoms with Crippen molar-refractivity contribution in [2.24, 2.45) is 10.1 Å². The predicted octanol–water partition coefficient (Wildman–Crippen LogP) is 1.67. The number of hydrogen-bond donors (Lipinski definition) is 3. The molecule has 30 heavy (non-hydrogen) atoms. The lowest BCUT2D eigenvalue weighted by Gasteiger charge is -2.08. The Bertz CT molecular complexity index is 971. The van der Waals surface area contributed by atoms with Crippen LogP contribution in [0.1, 0.15) is 29.3 Å². The van der Waals surface area contributed by atoms with Crippen LogP contribution in [0.2, 0.25) is 0 Å². The van der Waals surface area contributed by atoms with Crippen molar-refractivity contribution in [1.29, 1.82) is 0 Å². The molecule has 154 valence electrons. The summed E-state index contributed by atoms with van der Waals surface area (Å²) in [6, 6.07) is 14.9. The first-order chi connectivity index (χ1) is 14.5. The van der Waals surface area contributed by atoms with E-state index in [4.69, 9.17) is 4.74 Å². The van der Waals surface area contributed by atoms with Gasteiger partial charge in [0.15, 0.2) is 0 Å². The molecule has 3 rings (SSSR count). The third kappa shape index (κ3) is 5.74. The Kier molecular flexibility index (Phi) is 6.88. The number of amides is 2. The lowest BCUT2D eigenvalue weighted by Crippen LogP contribution is -2.35. The van der Waals surface area contributed by atoms with Gasteiger partial charge in [-0.1, -0.05) is 30.3 Å². The minimum Gasteiger partial charge on any atom is -0.462 e. The Morgan fingerprint density at radius 1 is 1.17 bits per heavy atom. The van der Waals surface area contributed by atoms with Gasteiger partial charge < -0.3 is 10.1 Å². The second-order valence-corrected chi connectivity index (χ2v) is 6.31. The zero-order valence-electron chi connectivity index (χ0n) is 16.3. The first-order valence-electron chi connectivity index (χ1n) is 9.35. The van der Waals surface area contributed by atoms with Crippen LogP contribution in [0.15, 0.2) is 64.7 Å². The van der Waals surface area contributed by atoms with E-state index in [9.17, 15) is 14.4 Å². The first-order valence-corrected chi connectivity index (χ1v) is 9.35. The zero-order chi connectivity index (χ0) is 21.3. The van der Waals surface area contributed by atoms with Gasteiger partial charge in [0, 0.05) is 5.69 Å². The summed E-state index contributed by atoms with van der Waals surface area (Å²) in [5.74, 6) is -1.01. The van der Waals surface area contributed by atoms with E-state index in [2.05, 4.69) is 26.2 Å². The lowest BCUT2D eigenvalue weighted by molar-refractivity contribution is -0.123. The first kappa shape index (κ1) is 20.7. The van der Waals surface area contributed by atoms with E-state index in [0.29, 0.717) is 11.3 Å². The SMILES string of the molecule is CCOC(=O)c1ccc(NC(=O)CC2N=C(N/N=C\c3ccccc3)NC2=O)cc1. The highest BCUT2D eigenvalue weighted by molar-refractivity contribution is 6.07. The molecule has 0 bridgehead atoms. The standard InChI is InChI=1S/C21H21N5O4/c1-2-30-20(29)15-8-10-16(11-9-15)23-18(27)12-17-19(28)25-21(24-17)26-22-13-14-6-4-3-5-7-14/h3-11,13,17H,2,12H2,1H3,(H,23,27)(H2,24,25,26,28)/b22-13-. The molecule has 3 N–H and O–H groups in total. The van der Waals surface area contributed by atoms with Gasteiger partial charge in [0.25, 0.3) is 5.91 Å². The predicted molar refractivity (Wildman–Crippen MR) is 112 cm³/mol. The molecule has 9 heteroatoms. The minimum absolute atomic E-state index is 0.126.